The molecule has 2 N–H and O–H groups in total. The molecule has 2 atom stereocenters. The number of hydrogen-bond acceptors (Lipinski definition) is 6. The van der Waals surface area contributed by atoms with Gasteiger partial charge in [-0.3, -0.25) is 4.90 Å². The molecular weight excluding hydrogens is 458 g/mol. The van der Waals surface area contributed by atoms with E-state index in [0.717, 1.165) is 49.2 Å². The summed E-state index contributed by atoms with van der Waals surface area (Å²) in [6, 6.07) is 20.1. The van der Waals surface area contributed by atoms with Gasteiger partial charge in [0, 0.05) is 18.3 Å². The summed E-state index contributed by atoms with van der Waals surface area (Å²) >= 11 is 0. The van der Waals surface area contributed by atoms with Crippen LogP contribution >= 0.6 is 0 Å². The zero-order valence-electron chi connectivity index (χ0n) is 19.9. The van der Waals surface area contributed by atoms with Crippen LogP contribution in [0.1, 0.15) is 46.1 Å². The first-order valence-corrected chi connectivity index (χ1v) is 12.2. The molecule has 1 amide bonds. The van der Waals surface area contributed by atoms with E-state index in [4.69, 9.17) is 14.6 Å². The van der Waals surface area contributed by atoms with Crippen molar-refractivity contribution < 1.29 is 24.2 Å². The number of carbonyl (C=O) groups is 2. The van der Waals surface area contributed by atoms with Gasteiger partial charge in [0.15, 0.2) is 0 Å². The second-order valence-corrected chi connectivity index (χ2v) is 9.29. The van der Waals surface area contributed by atoms with E-state index in [1.807, 2.05) is 54.6 Å². The van der Waals surface area contributed by atoms with Gasteiger partial charge in [0.25, 0.3) is 0 Å². The molecule has 3 saturated heterocycles. The Kier molecular flexibility index (Phi) is 7.13. The number of nitrogens with one attached hydrogen (secondary N) is 1. The third-order valence-electron chi connectivity index (χ3n) is 6.89. The molecule has 8 heteroatoms. The first-order valence-electron chi connectivity index (χ1n) is 12.2. The van der Waals surface area contributed by atoms with Gasteiger partial charge in [-0.15, -0.1) is 0 Å². The number of alkyl carbamates (subject to hydrolysis) is 1. The lowest BCUT2D eigenvalue weighted by molar-refractivity contribution is -0.0336. The quantitative estimate of drug-likeness (QED) is 0.489. The SMILES string of the molecule is O=C(N[C@@H](c1ccccc1)c1cccc(OCc2ccc(C(=O)O)nc2)c1)O[C@H]1CN2CCC1CC2. The molecule has 6 rings (SSSR count). The number of benzene rings is 2. The number of pyridine rings is 1. The van der Waals surface area contributed by atoms with Crippen LogP contribution in [0.25, 0.3) is 0 Å². The maximum atomic E-state index is 13.0. The number of carboxylic acids is 1. The van der Waals surface area contributed by atoms with Crippen molar-refractivity contribution in [1.29, 1.82) is 0 Å². The molecule has 2 aromatic carbocycles. The van der Waals surface area contributed by atoms with Gasteiger partial charge >= 0.3 is 12.1 Å². The van der Waals surface area contributed by atoms with Crippen LogP contribution in [0.5, 0.6) is 5.75 Å². The molecule has 3 aliphatic rings. The molecule has 2 bridgehead atoms. The summed E-state index contributed by atoms with van der Waals surface area (Å²) in [5.41, 5.74) is 2.55. The minimum Gasteiger partial charge on any atom is -0.489 e. The molecule has 0 radical (unpaired) electrons. The van der Waals surface area contributed by atoms with Gasteiger partial charge < -0.3 is 19.9 Å². The number of piperidine rings is 3. The maximum Gasteiger partial charge on any atom is 0.408 e. The lowest BCUT2D eigenvalue weighted by atomic mass is 9.86. The van der Waals surface area contributed by atoms with Crippen LogP contribution in [-0.2, 0) is 11.3 Å². The number of nitrogens with zero attached hydrogens (tertiary/aromatic N) is 2. The van der Waals surface area contributed by atoms with Gasteiger partial charge in [0.05, 0.1) is 6.04 Å². The Hall–Kier alpha value is -3.91. The average molecular weight is 488 g/mol. The third-order valence-corrected chi connectivity index (χ3v) is 6.89. The van der Waals surface area contributed by atoms with Crippen LogP contribution in [-0.4, -0.2) is 52.8 Å². The first kappa shape index (κ1) is 23.8. The van der Waals surface area contributed by atoms with Crippen molar-refractivity contribution in [3.05, 3.63) is 95.3 Å². The highest BCUT2D eigenvalue weighted by molar-refractivity contribution is 5.85. The Balaban J connectivity index is 1.29. The van der Waals surface area contributed by atoms with Crippen molar-refractivity contribution in [3.8, 4) is 5.75 Å². The number of aromatic nitrogens is 1. The van der Waals surface area contributed by atoms with Crippen molar-refractivity contribution >= 4 is 12.1 Å². The Labute approximate surface area is 209 Å². The van der Waals surface area contributed by atoms with Crippen LogP contribution < -0.4 is 10.1 Å². The number of rotatable bonds is 8. The zero-order chi connectivity index (χ0) is 24.9. The van der Waals surface area contributed by atoms with Crippen molar-refractivity contribution in [2.24, 2.45) is 5.92 Å². The maximum absolute atomic E-state index is 13.0. The summed E-state index contributed by atoms with van der Waals surface area (Å²) in [6.45, 7) is 3.22. The molecular formula is C28H29N3O5. The second-order valence-electron chi connectivity index (χ2n) is 9.29. The minimum atomic E-state index is -1.07. The smallest absolute Gasteiger partial charge is 0.408 e. The molecule has 3 fully saturated rings. The molecule has 4 heterocycles. The predicted molar refractivity (Wildman–Crippen MR) is 133 cm³/mol. The molecule has 1 aromatic heterocycles. The Morgan fingerprint density at radius 1 is 1.03 bits per heavy atom. The van der Waals surface area contributed by atoms with Gasteiger partial charge in [-0.1, -0.05) is 48.5 Å². The second kappa shape index (κ2) is 10.8. The van der Waals surface area contributed by atoms with E-state index in [-0.39, 0.29) is 18.4 Å². The van der Waals surface area contributed by atoms with Gasteiger partial charge in [-0.2, -0.15) is 0 Å². The van der Waals surface area contributed by atoms with Crippen molar-refractivity contribution in [3.63, 3.8) is 0 Å². The highest BCUT2D eigenvalue weighted by Crippen LogP contribution is 2.30. The normalized spacial score (nSPS) is 21.4. The summed E-state index contributed by atoms with van der Waals surface area (Å²) in [5.74, 6) is -0.00310. The lowest BCUT2D eigenvalue weighted by Gasteiger charge is -2.43. The number of carbonyl (C=O) groups excluding carboxylic acids is 1. The molecule has 0 aliphatic carbocycles. The zero-order valence-corrected chi connectivity index (χ0v) is 19.9. The number of hydrogen-bond donors (Lipinski definition) is 2. The molecule has 3 aromatic rings. The Morgan fingerprint density at radius 2 is 1.81 bits per heavy atom. The molecule has 0 spiro atoms. The van der Waals surface area contributed by atoms with Gasteiger partial charge in [-0.25, -0.2) is 14.6 Å². The Bertz CT molecular complexity index is 1190. The van der Waals surface area contributed by atoms with E-state index in [2.05, 4.69) is 15.2 Å². The standard InChI is InChI=1S/C28H29N3O5/c32-27(33)24-10-9-19(16-29-24)18-35-23-8-4-7-22(15-23)26(21-5-2-1-3-6-21)30-28(34)36-25-17-31-13-11-20(25)12-14-31/h1-10,15-16,20,25-26H,11-14,17-18H2,(H,30,34)(H,32,33)/t25-,26-/m0/s1. The highest BCUT2D eigenvalue weighted by atomic mass is 16.6. The molecule has 0 unspecified atom stereocenters. The van der Waals surface area contributed by atoms with Gasteiger partial charge in [0.1, 0.15) is 24.2 Å². The topological polar surface area (TPSA) is 101 Å². The predicted octanol–water partition coefficient (Wildman–Crippen LogP) is 4.27. The van der Waals surface area contributed by atoms with Crippen LogP contribution in [0, 0.1) is 5.92 Å². The van der Waals surface area contributed by atoms with Crippen LogP contribution in [0.4, 0.5) is 4.79 Å². The lowest BCUT2D eigenvalue weighted by Crippen LogP contribution is -2.52. The number of carboxylic acid groups (broad SMARTS) is 1. The summed E-state index contributed by atoms with van der Waals surface area (Å²) in [6.07, 6.45) is 3.16. The first-order chi connectivity index (χ1) is 17.5. The molecule has 186 valence electrons. The van der Waals surface area contributed by atoms with E-state index in [1.54, 1.807) is 6.07 Å². The number of ether oxygens (including phenoxy) is 2. The summed E-state index contributed by atoms with van der Waals surface area (Å²) in [5, 5.41) is 12.1. The van der Waals surface area contributed by atoms with Crippen molar-refractivity contribution in [1.82, 2.24) is 15.2 Å². The average Bonchev–Trinajstić information content (AvgIpc) is 2.92. The van der Waals surface area contributed by atoms with Gasteiger partial charge in [-0.05, 0) is 61.2 Å². The van der Waals surface area contributed by atoms with E-state index < -0.39 is 18.1 Å². The number of fused-ring (bicyclic) bond motifs is 3. The summed E-state index contributed by atoms with van der Waals surface area (Å²) in [7, 11) is 0. The Morgan fingerprint density at radius 3 is 2.47 bits per heavy atom. The largest absolute Gasteiger partial charge is 0.489 e. The molecule has 0 saturated carbocycles. The van der Waals surface area contributed by atoms with Crippen molar-refractivity contribution in [2.75, 3.05) is 19.6 Å². The minimum absolute atomic E-state index is 0.0114. The van der Waals surface area contributed by atoms with Crippen molar-refractivity contribution in [2.45, 2.75) is 31.6 Å². The number of amides is 1. The fourth-order valence-electron chi connectivity index (χ4n) is 4.93. The van der Waals surface area contributed by atoms with E-state index in [0.29, 0.717) is 11.7 Å². The van der Waals surface area contributed by atoms with Gasteiger partial charge in [0.2, 0.25) is 0 Å². The van der Waals surface area contributed by atoms with E-state index in [9.17, 15) is 9.59 Å². The fraction of sp³-hybridized carbons (Fsp3) is 0.321. The molecule has 36 heavy (non-hydrogen) atoms. The van der Waals surface area contributed by atoms with Crippen LogP contribution in [0.3, 0.4) is 0 Å². The monoisotopic (exact) mass is 487 g/mol. The summed E-state index contributed by atoms with van der Waals surface area (Å²) in [4.78, 5) is 30.3. The molecule has 8 nitrogen and oxygen atoms in total. The fourth-order valence-corrected chi connectivity index (χ4v) is 4.93. The highest BCUT2D eigenvalue weighted by Gasteiger charge is 2.36. The number of aromatic carboxylic acids is 1. The van der Waals surface area contributed by atoms with Crippen LogP contribution in [0.2, 0.25) is 0 Å². The summed E-state index contributed by atoms with van der Waals surface area (Å²) < 4.78 is 11.8. The third kappa shape index (κ3) is 5.66. The van der Waals surface area contributed by atoms with E-state index >= 15 is 0 Å². The van der Waals surface area contributed by atoms with E-state index in [1.165, 1.54) is 12.3 Å². The molecule has 3 aliphatic heterocycles. The van der Waals surface area contributed by atoms with Crippen LogP contribution in [0.15, 0.2) is 72.9 Å².